The van der Waals surface area contributed by atoms with E-state index in [0.29, 0.717) is 30.3 Å². The van der Waals surface area contributed by atoms with Crippen molar-refractivity contribution in [3.8, 4) is 11.5 Å². The van der Waals surface area contributed by atoms with Crippen LogP contribution in [0.5, 0.6) is 11.5 Å². The Hall–Kier alpha value is -2.96. The van der Waals surface area contributed by atoms with E-state index in [1.54, 1.807) is 29.8 Å². The lowest BCUT2D eigenvalue weighted by Gasteiger charge is -2.30. The lowest BCUT2D eigenvalue weighted by Crippen LogP contribution is -2.33. The van der Waals surface area contributed by atoms with E-state index in [0.717, 1.165) is 35.4 Å². The highest BCUT2D eigenvalue weighted by molar-refractivity contribution is 7.09. The number of pyridine rings is 1. The number of carbonyl (C=O) groups excluding carboxylic acids is 1. The lowest BCUT2D eigenvalue weighted by atomic mass is 9.98. The summed E-state index contributed by atoms with van der Waals surface area (Å²) in [6, 6.07) is 9.93. The number of benzene rings is 1. The van der Waals surface area contributed by atoms with E-state index >= 15 is 0 Å². The van der Waals surface area contributed by atoms with E-state index < -0.39 is 0 Å². The Bertz CT molecular complexity index is 1090. The molecule has 0 spiro atoms. The maximum absolute atomic E-state index is 13.0. The van der Waals surface area contributed by atoms with Gasteiger partial charge >= 0.3 is 0 Å². The second-order valence-electron chi connectivity index (χ2n) is 7.26. The van der Waals surface area contributed by atoms with Gasteiger partial charge in [-0.05, 0) is 54.1 Å². The fourth-order valence-electron chi connectivity index (χ4n) is 3.76. The fraction of sp³-hybridized carbons (Fsp3) is 0.217. The van der Waals surface area contributed by atoms with Crippen LogP contribution in [0.15, 0.2) is 53.9 Å². The number of carbonyl (C=O) groups is 1. The van der Waals surface area contributed by atoms with Crippen molar-refractivity contribution in [2.45, 2.75) is 19.9 Å². The molecule has 4 heterocycles. The summed E-state index contributed by atoms with van der Waals surface area (Å²) in [4.78, 5) is 20.7. The summed E-state index contributed by atoms with van der Waals surface area (Å²) in [5.74, 6) is 1.70. The normalized spacial score (nSPS) is 17.0. The highest BCUT2D eigenvalue weighted by atomic mass is 32.1. The van der Waals surface area contributed by atoms with E-state index in [1.165, 1.54) is 4.88 Å². The first-order chi connectivity index (χ1) is 14.2. The second-order valence-corrected chi connectivity index (χ2v) is 8.29. The molecule has 0 fully saturated rings. The minimum absolute atomic E-state index is 0.0835. The second kappa shape index (κ2) is 7.46. The summed E-state index contributed by atoms with van der Waals surface area (Å²) in [6.45, 7) is 4.08. The Morgan fingerprint density at radius 2 is 2.24 bits per heavy atom. The van der Waals surface area contributed by atoms with Gasteiger partial charge in [-0.25, -0.2) is 0 Å². The smallest absolute Gasteiger partial charge is 0.232 e. The molecule has 1 aromatic carbocycles. The van der Waals surface area contributed by atoms with Gasteiger partial charge in [-0.15, -0.1) is 11.3 Å². The van der Waals surface area contributed by atoms with Crippen molar-refractivity contribution in [3.63, 3.8) is 0 Å². The minimum atomic E-state index is -0.0835. The number of aromatic nitrogens is 1. The van der Waals surface area contributed by atoms with E-state index in [2.05, 4.69) is 27.4 Å². The van der Waals surface area contributed by atoms with Gasteiger partial charge in [0.05, 0.1) is 11.1 Å². The third-order valence-electron chi connectivity index (χ3n) is 5.22. The molecule has 29 heavy (non-hydrogen) atoms. The molecule has 0 radical (unpaired) electrons. The summed E-state index contributed by atoms with van der Waals surface area (Å²) in [7, 11) is 0. The minimum Gasteiger partial charge on any atom is -0.478 e. The standard InChI is InChI=1S/C23H20N2O3S/c1-15-10-19-18(13-25(14-27-19)8-6-17-5-3-9-29-17)23-21(15)22(26)20(28-23)11-16-4-2-7-24-12-16/h2-5,7,9-12H,6,8,13-14H2,1H3/b20-11-. The van der Waals surface area contributed by atoms with Gasteiger partial charge in [-0.1, -0.05) is 12.1 Å². The molecule has 3 aromatic rings. The predicted octanol–water partition coefficient (Wildman–Crippen LogP) is 4.46. The maximum Gasteiger partial charge on any atom is 0.232 e. The molecule has 2 aliphatic rings. The molecule has 0 aliphatic carbocycles. The third-order valence-corrected chi connectivity index (χ3v) is 6.16. The maximum atomic E-state index is 13.0. The SMILES string of the molecule is Cc1cc2c(c3c1C(=O)/C(=C/c1cccnc1)O3)CN(CCc1cccs1)CO2. The van der Waals surface area contributed by atoms with Gasteiger partial charge in [0.1, 0.15) is 18.2 Å². The van der Waals surface area contributed by atoms with Crippen LogP contribution in [0.3, 0.4) is 0 Å². The zero-order chi connectivity index (χ0) is 19.8. The number of aryl methyl sites for hydroxylation is 1. The molecular formula is C23H20N2O3S. The average Bonchev–Trinajstić information content (AvgIpc) is 3.36. The molecule has 0 N–H and O–H groups in total. The third kappa shape index (κ3) is 3.45. The van der Waals surface area contributed by atoms with Crippen LogP contribution in [-0.4, -0.2) is 28.9 Å². The van der Waals surface area contributed by atoms with Gasteiger partial charge in [-0.2, -0.15) is 0 Å². The molecule has 5 nitrogen and oxygen atoms in total. The Morgan fingerprint density at radius 3 is 3.03 bits per heavy atom. The molecule has 5 rings (SSSR count). The topological polar surface area (TPSA) is 51.7 Å². The zero-order valence-electron chi connectivity index (χ0n) is 16.1. The molecule has 0 atom stereocenters. The first-order valence-electron chi connectivity index (χ1n) is 9.57. The summed E-state index contributed by atoms with van der Waals surface area (Å²) in [5, 5.41) is 2.10. The van der Waals surface area contributed by atoms with Gasteiger partial charge in [0.25, 0.3) is 0 Å². The van der Waals surface area contributed by atoms with Crippen molar-refractivity contribution < 1.29 is 14.3 Å². The number of fused-ring (bicyclic) bond motifs is 3. The van der Waals surface area contributed by atoms with Gasteiger partial charge < -0.3 is 9.47 Å². The Labute approximate surface area is 173 Å². The van der Waals surface area contributed by atoms with Crippen molar-refractivity contribution in [1.29, 1.82) is 0 Å². The van der Waals surface area contributed by atoms with Crippen molar-refractivity contribution >= 4 is 23.2 Å². The van der Waals surface area contributed by atoms with E-state index in [-0.39, 0.29) is 5.78 Å². The van der Waals surface area contributed by atoms with Crippen molar-refractivity contribution in [2.75, 3.05) is 13.3 Å². The summed E-state index contributed by atoms with van der Waals surface area (Å²) in [6.07, 6.45) is 6.15. The number of thiophene rings is 1. The molecule has 146 valence electrons. The van der Waals surface area contributed by atoms with Gasteiger partial charge in [-0.3, -0.25) is 14.7 Å². The van der Waals surface area contributed by atoms with Crippen molar-refractivity contribution in [3.05, 3.63) is 81.0 Å². The first-order valence-corrected chi connectivity index (χ1v) is 10.5. The quantitative estimate of drug-likeness (QED) is 0.601. The molecule has 0 amide bonds. The number of Topliss-reactive ketones (excluding diaryl/α,β-unsaturated/α-hetero) is 1. The largest absolute Gasteiger partial charge is 0.478 e. The first kappa shape index (κ1) is 18.1. The summed E-state index contributed by atoms with van der Waals surface area (Å²) in [5.41, 5.74) is 3.31. The summed E-state index contributed by atoms with van der Waals surface area (Å²) >= 11 is 1.77. The number of hydrogen-bond acceptors (Lipinski definition) is 6. The van der Waals surface area contributed by atoms with Crippen molar-refractivity contribution in [1.82, 2.24) is 9.88 Å². The van der Waals surface area contributed by atoms with Crippen LogP contribution in [-0.2, 0) is 13.0 Å². The number of ketones is 1. The molecule has 0 bridgehead atoms. The molecule has 6 heteroatoms. The fourth-order valence-corrected chi connectivity index (χ4v) is 4.45. The van der Waals surface area contributed by atoms with Crippen molar-refractivity contribution in [2.24, 2.45) is 0 Å². The molecule has 2 aliphatic heterocycles. The van der Waals surface area contributed by atoms with Gasteiger partial charge in [0, 0.05) is 30.4 Å². The van der Waals surface area contributed by atoms with Crippen LogP contribution in [0.2, 0.25) is 0 Å². The van der Waals surface area contributed by atoms with Crippen LogP contribution in [0, 0.1) is 6.92 Å². The molecule has 0 saturated heterocycles. The van der Waals surface area contributed by atoms with E-state index in [4.69, 9.17) is 9.47 Å². The van der Waals surface area contributed by atoms with Gasteiger partial charge in [0.15, 0.2) is 5.76 Å². The monoisotopic (exact) mass is 404 g/mol. The molecule has 0 unspecified atom stereocenters. The number of allylic oxidation sites excluding steroid dienone is 1. The van der Waals surface area contributed by atoms with Crippen LogP contribution in [0.25, 0.3) is 6.08 Å². The number of rotatable bonds is 4. The lowest BCUT2D eigenvalue weighted by molar-refractivity contribution is 0.0951. The highest BCUT2D eigenvalue weighted by Crippen LogP contribution is 2.44. The number of nitrogens with zero attached hydrogens (tertiary/aromatic N) is 2. The average molecular weight is 404 g/mol. The van der Waals surface area contributed by atoms with E-state index in [9.17, 15) is 4.79 Å². The van der Waals surface area contributed by atoms with Crippen LogP contribution in [0.1, 0.15) is 31.9 Å². The Kier molecular flexibility index (Phi) is 4.66. The number of ether oxygens (including phenoxy) is 2. The molecular weight excluding hydrogens is 384 g/mol. The molecule has 0 saturated carbocycles. The Morgan fingerprint density at radius 1 is 1.31 bits per heavy atom. The van der Waals surface area contributed by atoms with Gasteiger partial charge in [0.2, 0.25) is 5.78 Å². The summed E-state index contributed by atoms with van der Waals surface area (Å²) < 4.78 is 12.1. The highest BCUT2D eigenvalue weighted by Gasteiger charge is 2.35. The molecule has 2 aromatic heterocycles. The van der Waals surface area contributed by atoms with E-state index in [1.807, 2.05) is 25.1 Å². The number of hydrogen-bond donors (Lipinski definition) is 0. The van der Waals surface area contributed by atoms with Crippen LogP contribution >= 0.6 is 11.3 Å². The zero-order valence-corrected chi connectivity index (χ0v) is 16.9. The Balaban J connectivity index is 1.43. The van der Waals surface area contributed by atoms with Crippen LogP contribution < -0.4 is 9.47 Å². The predicted molar refractivity (Wildman–Crippen MR) is 112 cm³/mol. The van der Waals surface area contributed by atoms with Crippen LogP contribution in [0.4, 0.5) is 0 Å².